The standard InChI is InChI=1S/C33H31Cl2F2N3O3S/c1-22(15-23-5-3-2-4-6-23)38-32(41)21-44(42,43)40(30-17-28(36)16-29(37)18-30)31-19-39(20-31)33(24-7-11-26(34)12-8-24)25-9-13-27(35)14-10-25/h2-14,16-18,22,31,33H,15,19-21H2,1H3,(H,38,41). The van der Waals surface area contributed by atoms with Crippen molar-refractivity contribution in [1.82, 2.24) is 10.2 Å². The fraction of sp³-hybridized carbons (Fsp3) is 0.242. The van der Waals surface area contributed by atoms with Crippen LogP contribution in [0.25, 0.3) is 0 Å². The third kappa shape index (κ3) is 7.77. The van der Waals surface area contributed by atoms with Crippen LogP contribution in [0.4, 0.5) is 14.5 Å². The van der Waals surface area contributed by atoms with Crippen molar-refractivity contribution < 1.29 is 22.0 Å². The number of nitrogens with zero attached hydrogens (tertiary/aromatic N) is 2. The highest BCUT2D eigenvalue weighted by atomic mass is 35.5. The molecule has 44 heavy (non-hydrogen) atoms. The topological polar surface area (TPSA) is 69.7 Å². The normalized spacial score (nSPS) is 14.7. The van der Waals surface area contributed by atoms with Gasteiger partial charge in [-0.2, -0.15) is 0 Å². The Kier molecular flexibility index (Phi) is 9.90. The van der Waals surface area contributed by atoms with Crippen LogP contribution in [0.15, 0.2) is 97.1 Å². The van der Waals surface area contributed by atoms with E-state index in [9.17, 15) is 22.0 Å². The second kappa shape index (κ2) is 13.6. The molecule has 1 amide bonds. The molecule has 1 saturated heterocycles. The maximum absolute atomic E-state index is 14.3. The number of carbonyl (C=O) groups is 1. The first-order valence-corrected chi connectivity index (χ1v) is 16.4. The number of nitrogens with one attached hydrogen (secondary N) is 1. The van der Waals surface area contributed by atoms with Gasteiger partial charge in [-0.05, 0) is 66.4 Å². The van der Waals surface area contributed by atoms with Crippen LogP contribution in [-0.2, 0) is 21.2 Å². The molecule has 4 aromatic rings. The molecule has 0 spiro atoms. The molecule has 4 aromatic carbocycles. The first-order chi connectivity index (χ1) is 21.0. The summed E-state index contributed by atoms with van der Waals surface area (Å²) in [5.74, 6) is -3.42. The minimum absolute atomic E-state index is 0.174. The molecule has 1 unspecified atom stereocenters. The van der Waals surface area contributed by atoms with Crippen molar-refractivity contribution in [2.75, 3.05) is 23.1 Å². The molecule has 0 aromatic heterocycles. The van der Waals surface area contributed by atoms with E-state index in [1.807, 2.05) is 54.6 Å². The van der Waals surface area contributed by atoms with Crippen LogP contribution in [0.1, 0.15) is 29.7 Å². The van der Waals surface area contributed by atoms with Gasteiger partial charge in [0, 0.05) is 35.2 Å². The number of halogens is 4. The van der Waals surface area contributed by atoms with Gasteiger partial charge in [-0.3, -0.25) is 14.0 Å². The summed E-state index contributed by atoms with van der Waals surface area (Å²) in [6.07, 6.45) is 0.514. The lowest BCUT2D eigenvalue weighted by molar-refractivity contribution is -0.119. The lowest BCUT2D eigenvalue weighted by Gasteiger charge is -2.49. The van der Waals surface area contributed by atoms with E-state index in [0.717, 1.165) is 33.1 Å². The predicted molar refractivity (Wildman–Crippen MR) is 170 cm³/mol. The summed E-state index contributed by atoms with van der Waals surface area (Å²) < 4.78 is 57.3. The molecule has 5 rings (SSSR count). The molecule has 1 heterocycles. The number of likely N-dealkylation sites (tertiary alicyclic amines) is 1. The van der Waals surface area contributed by atoms with E-state index >= 15 is 0 Å². The van der Waals surface area contributed by atoms with Crippen LogP contribution in [-0.4, -0.2) is 50.2 Å². The molecule has 1 aliphatic heterocycles. The largest absolute Gasteiger partial charge is 0.352 e. The number of amides is 1. The smallest absolute Gasteiger partial charge is 0.244 e. The summed E-state index contributed by atoms with van der Waals surface area (Å²) in [6, 6.07) is 25.5. The molecular weight excluding hydrogens is 627 g/mol. The Labute approximate surface area is 266 Å². The number of benzene rings is 4. The zero-order valence-corrected chi connectivity index (χ0v) is 26.2. The van der Waals surface area contributed by atoms with E-state index in [-0.39, 0.29) is 30.9 Å². The molecule has 1 atom stereocenters. The van der Waals surface area contributed by atoms with Crippen molar-refractivity contribution in [1.29, 1.82) is 0 Å². The monoisotopic (exact) mass is 657 g/mol. The zero-order chi connectivity index (χ0) is 31.4. The van der Waals surface area contributed by atoms with Gasteiger partial charge in [0.1, 0.15) is 17.4 Å². The van der Waals surface area contributed by atoms with Gasteiger partial charge in [0.25, 0.3) is 0 Å². The summed E-state index contributed by atoms with van der Waals surface area (Å²) in [5, 5.41) is 3.89. The van der Waals surface area contributed by atoms with Crippen molar-refractivity contribution in [3.8, 4) is 0 Å². The highest BCUT2D eigenvalue weighted by Gasteiger charge is 2.42. The summed E-state index contributed by atoms with van der Waals surface area (Å²) in [7, 11) is -4.35. The first kappa shape index (κ1) is 31.9. The number of anilines is 1. The summed E-state index contributed by atoms with van der Waals surface area (Å²) in [6.45, 7) is 2.26. The third-order valence-corrected chi connectivity index (χ3v) is 9.71. The Morgan fingerprint density at radius 1 is 0.886 bits per heavy atom. The summed E-state index contributed by atoms with van der Waals surface area (Å²) in [5.41, 5.74) is 2.67. The highest BCUT2D eigenvalue weighted by molar-refractivity contribution is 7.93. The quantitative estimate of drug-likeness (QED) is 0.197. The molecule has 0 saturated carbocycles. The van der Waals surface area contributed by atoms with Gasteiger partial charge in [-0.15, -0.1) is 0 Å². The van der Waals surface area contributed by atoms with Crippen LogP contribution in [0.2, 0.25) is 10.0 Å². The van der Waals surface area contributed by atoms with E-state index in [4.69, 9.17) is 23.2 Å². The van der Waals surface area contributed by atoms with Crippen LogP contribution >= 0.6 is 23.2 Å². The van der Waals surface area contributed by atoms with Gasteiger partial charge in [-0.1, -0.05) is 77.8 Å². The fourth-order valence-electron chi connectivity index (χ4n) is 5.59. The molecule has 0 aliphatic carbocycles. The van der Waals surface area contributed by atoms with E-state index in [2.05, 4.69) is 10.2 Å². The van der Waals surface area contributed by atoms with Crippen LogP contribution in [0, 0.1) is 11.6 Å². The number of rotatable bonds is 11. The number of hydrogen-bond acceptors (Lipinski definition) is 4. The van der Waals surface area contributed by atoms with Gasteiger partial charge < -0.3 is 5.32 Å². The van der Waals surface area contributed by atoms with Crippen LogP contribution < -0.4 is 9.62 Å². The molecule has 6 nitrogen and oxygen atoms in total. The molecule has 11 heteroatoms. The summed E-state index contributed by atoms with van der Waals surface area (Å²) in [4.78, 5) is 15.0. The predicted octanol–water partition coefficient (Wildman–Crippen LogP) is 6.63. The Hall–Kier alpha value is -3.50. The maximum Gasteiger partial charge on any atom is 0.244 e. The van der Waals surface area contributed by atoms with Crippen molar-refractivity contribution in [2.45, 2.75) is 31.5 Å². The maximum atomic E-state index is 14.3. The van der Waals surface area contributed by atoms with Gasteiger partial charge in [0.15, 0.2) is 0 Å². The van der Waals surface area contributed by atoms with Crippen LogP contribution in [0.3, 0.4) is 0 Å². The highest BCUT2D eigenvalue weighted by Crippen LogP contribution is 2.37. The molecule has 230 valence electrons. The molecule has 1 fully saturated rings. The molecular formula is C33H31Cl2F2N3O3S. The Morgan fingerprint density at radius 3 is 1.93 bits per heavy atom. The van der Waals surface area contributed by atoms with Gasteiger partial charge >= 0.3 is 0 Å². The van der Waals surface area contributed by atoms with Crippen molar-refractivity contribution in [2.24, 2.45) is 0 Å². The lowest BCUT2D eigenvalue weighted by Crippen LogP contribution is -2.62. The van der Waals surface area contributed by atoms with Crippen LogP contribution in [0.5, 0.6) is 0 Å². The van der Waals surface area contributed by atoms with Crippen molar-refractivity contribution in [3.63, 3.8) is 0 Å². The second-order valence-electron chi connectivity index (χ2n) is 11.0. The Bertz CT molecular complexity index is 1640. The number of carbonyl (C=O) groups excluding carboxylic acids is 1. The SMILES string of the molecule is CC(Cc1ccccc1)NC(=O)CS(=O)(=O)N(c1cc(F)cc(F)c1)C1CN(C(c2ccc(Cl)cc2)c2ccc(Cl)cc2)C1. The third-order valence-electron chi connectivity index (χ3n) is 7.47. The van der Waals surface area contributed by atoms with E-state index < -0.39 is 39.4 Å². The van der Waals surface area contributed by atoms with Gasteiger partial charge in [-0.25, -0.2) is 17.2 Å². The average molecular weight is 659 g/mol. The molecule has 0 radical (unpaired) electrons. The average Bonchev–Trinajstić information content (AvgIpc) is 2.93. The number of sulfonamides is 1. The van der Waals surface area contributed by atoms with Gasteiger partial charge in [0.05, 0.1) is 17.8 Å². The zero-order valence-electron chi connectivity index (χ0n) is 23.8. The molecule has 1 aliphatic rings. The van der Waals surface area contributed by atoms with Crippen molar-refractivity contribution >= 4 is 44.8 Å². The van der Waals surface area contributed by atoms with Crippen molar-refractivity contribution in [3.05, 3.63) is 135 Å². The van der Waals surface area contributed by atoms with E-state index in [1.54, 1.807) is 31.2 Å². The summed E-state index contributed by atoms with van der Waals surface area (Å²) >= 11 is 12.3. The number of hydrogen-bond donors (Lipinski definition) is 1. The van der Waals surface area contributed by atoms with E-state index in [1.165, 1.54) is 0 Å². The first-order valence-electron chi connectivity index (χ1n) is 14.0. The lowest BCUT2D eigenvalue weighted by atomic mass is 9.93. The minimum atomic E-state index is -4.35. The molecule has 1 N–H and O–H groups in total. The molecule has 0 bridgehead atoms. The second-order valence-corrected chi connectivity index (χ2v) is 13.7. The Morgan fingerprint density at radius 2 is 1.41 bits per heavy atom. The van der Waals surface area contributed by atoms with Gasteiger partial charge in [0.2, 0.25) is 15.9 Å². The fourth-order valence-corrected chi connectivity index (χ4v) is 7.41. The van der Waals surface area contributed by atoms with E-state index in [0.29, 0.717) is 22.5 Å². The minimum Gasteiger partial charge on any atom is -0.352 e. The Balaban J connectivity index is 1.38.